The van der Waals surface area contributed by atoms with Crippen molar-refractivity contribution in [3.05, 3.63) is 18.4 Å². The van der Waals surface area contributed by atoms with Crippen molar-refractivity contribution in [1.29, 1.82) is 0 Å². The van der Waals surface area contributed by atoms with Gasteiger partial charge >= 0.3 is 0 Å². The third-order valence-corrected chi connectivity index (χ3v) is 3.01. The highest BCUT2D eigenvalue weighted by molar-refractivity contribution is 5.91. The number of rotatable bonds is 1. The molecule has 14 heavy (non-hydrogen) atoms. The fourth-order valence-electron chi connectivity index (χ4n) is 2.09. The van der Waals surface area contributed by atoms with Gasteiger partial charge in [-0.1, -0.05) is 0 Å². The van der Waals surface area contributed by atoms with Crippen LogP contribution in [0.1, 0.15) is 10.6 Å². The molecule has 1 amide bonds. The normalized spacial score (nSPS) is 29.9. The summed E-state index contributed by atoms with van der Waals surface area (Å²) in [7, 11) is 0. The van der Waals surface area contributed by atoms with Crippen LogP contribution in [0.15, 0.2) is 17.0 Å². The standard InChI is InChI=1S/C9H11N3O2/c13-9(8-2-10-5-14-8)12-3-6-1-11-7(6)4-12/h2,5-7,11H,1,3-4H2. The van der Waals surface area contributed by atoms with Gasteiger partial charge in [-0.25, -0.2) is 4.98 Å². The lowest BCUT2D eigenvalue weighted by Gasteiger charge is -2.29. The number of amides is 1. The van der Waals surface area contributed by atoms with Crippen molar-refractivity contribution in [1.82, 2.24) is 15.2 Å². The van der Waals surface area contributed by atoms with Gasteiger partial charge < -0.3 is 14.6 Å². The molecule has 2 aliphatic rings. The van der Waals surface area contributed by atoms with E-state index < -0.39 is 0 Å². The number of nitrogens with one attached hydrogen (secondary N) is 1. The Kier molecular flexibility index (Phi) is 1.61. The van der Waals surface area contributed by atoms with Crippen molar-refractivity contribution in [3.63, 3.8) is 0 Å². The summed E-state index contributed by atoms with van der Waals surface area (Å²) in [5.41, 5.74) is 0. The second-order valence-corrected chi connectivity index (χ2v) is 3.85. The number of likely N-dealkylation sites (tertiary alicyclic amines) is 1. The number of nitrogens with zero attached hydrogens (tertiary/aromatic N) is 2. The Hall–Kier alpha value is -1.36. The molecule has 3 rings (SSSR count). The van der Waals surface area contributed by atoms with Crippen molar-refractivity contribution in [2.75, 3.05) is 19.6 Å². The van der Waals surface area contributed by atoms with Gasteiger partial charge in [0.15, 0.2) is 6.39 Å². The Morgan fingerprint density at radius 3 is 3.07 bits per heavy atom. The van der Waals surface area contributed by atoms with E-state index in [2.05, 4.69) is 10.3 Å². The van der Waals surface area contributed by atoms with Crippen molar-refractivity contribution >= 4 is 5.91 Å². The maximum Gasteiger partial charge on any atom is 0.291 e. The van der Waals surface area contributed by atoms with Crippen LogP contribution in [-0.2, 0) is 0 Å². The molecule has 5 nitrogen and oxygen atoms in total. The number of fused-ring (bicyclic) bond motifs is 1. The zero-order chi connectivity index (χ0) is 9.54. The summed E-state index contributed by atoms with van der Waals surface area (Å²) in [4.78, 5) is 17.4. The minimum absolute atomic E-state index is 0.0429. The van der Waals surface area contributed by atoms with Crippen molar-refractivity contribution in [2.45, 2.75) is 6.04 Å². The first-order chi connectivity index (χ1) is 6.84. The summed E-state index contributed by atoms with van der Waals surface area (Å²) >= 11 is 0. The largest absolute Gasteiger partial charge is 0.438 e. The fourth-order valence-corrected chi connectivity index (χ4v) is 2.09. The van der Waals surface area contributed by atoms with E-state index in [4.69, 9.17) is 4.42 Å². The number of carbonyl (C=O) groups excluding carboxylic acids is 1. The lowest BCUT2D eigenvalue weighted by atomic mass is 9.96. The van der Waals surface area contributed by atoms with Gasteiger partial charge in [0.25, 0.3) is 5.91 Å². The monoisotopic (exact) mass is 193 g/mol. The average molecular weight is 193 g/mol. The summed E-state index contributed by atoms with van der Waals surface area (Å²) in [5, 5.41) is 3.30. The Labute approximate surface area is 81.1 Å². The second-order valence-electron chi connectivity index (χ2n) is 3.85. The molecule has 0 bridgehead atoms. The van der Waals surface area contributed by atoms with Crippen LogP contribution >= 0.6 is 0 Å². The summed E-state index contributed by atoms with van der Waals surface area (Å²) in [5.74, 6) is 0.937. The average Bonchev–Trinajstić information content (AvgIpc) is 2.75. The molecular formula is C9H11N3O2. The molecule has 1 aromatic rings. The van der Waals surface area contributed by atoms with Crippen LogP contribution in [0.3, 0.4) is 0 Å². The second kappa shape index (κ2) is 2.81. The highest BCUT2D eigenvalue weighted by atomic mass is 16.3. The molecule has 2 aliphatic heterocycles. The number of hydrogen-bond acceptors (Lipinski definition) is 4. The van der Waals surface area contributed by atoms with Gasteiger partial charge in [-0.3, -0.25) is 4.79 Å². The number of hydrogen-bond donors (Lipinski definition) is 1. The molecule has 2 saturated heterocycles. The molecule has 2 atom stereocenters. The van der Waals surface area contributed by atoms with E-state index in [9.17, 15) is 4.79 Å². The van der Waals surface area contributed by atoms with E-state index in [0.717, 1.165) is 19.6 Å². The van der Waals surface area contributed by atoms with Gasteiger partial charge in [0, 0.05) is 31.6 Å². The number of oxazole rings is 1. The van der Waals surface area contributed by atoms with E-state index in [0.29, 0.717) is 17.7 Å². The third-order valence-electron chi connectivity index (χ3n) is 3.01. The Bertz CT molecular complexity index is 337. The Balaban J connectivity index is 1.74. The van der Waals surface area contributed by atoms with Crippen molar-refractivity contribution in [3.8, 4) is 0 Å². The van der Waals surface area contributed by atoms with Gasteiger partial charge in [-0.15, -0.1) is 0 Å². The molecule has 0 radical (unpaired) electrons. The van der Waals surface area contributed by atoms with E-state index in [1.54, 1.807) is 0 Å². The van der Waals surface area contributed by atoms with Crippen LogP contribution in [0.4, 0.5) is 0 Å². The summed E-state index contributed by atoms with van der Waals surface area (Å²) in [6.45, 7) is 2.67. The summed E-state index contributed by atoms with van der Waals surface area (Å²) in [6.07, 6.45) is 2.76. The van der Waals surface area contributed by atoms with Crippen molar-refractivity contribution in [2.24, 2.45) is 5.92 Å². The zero-order valence-electron chi connectivity index (χ0n) is 7.64. The van der Waals surface area contributed by atoms with Crippen LogP contribution in [0.2, 0.25) is 0 Å². The van der Waals surface area contributed by atoms with E-state index in [1.807, 2.05) is 4.90 Å². The molecule has 0 aromatic carbocycles. The quantitative estimate of drug-likeness (QED) is 0.666. The summed E-state index contributed by atoms with van der Waals surface area (Å²) in [6, 6.07) is 0.502. The van der Waals surface area contributed by atoms with Crippen LogP contribution in [0.5, 0.6) is 0 Å². The third kappa shape index (κ3) is 1.05. The van der Waals surface area contributed by atoms with E-state index >= 15 is 0 Å². The molecule has 5 heteroatoms. The minimum atomic E-state index is -0.0429. The Morgan fingerprint density at radius 2 is 2.57 bits per heavy atom. The smallest absolute Gasteiger partial charge is 0.291 e. The van der Waals surface area contributed by atoms with Crippen LogP contribution in [-0.4, -0.2) is 41.5 Å². The first-order valence-corrected chi connectivity index (χ1v) is 4.76. The topological polar surface area (TPSA) is 58.4 Å². The lowest BCUT2D eigenvalue weighted by molar-refractivity contribution is 0.0757. The van der Waals surface area contributed by atoms with Gasteiger partial charge in [-0.2, -0.15) is 0 Å². The SMILES string of the molecule is O=C(c1cnco1)N1CC2CNC2C1. The highest BCUT2D eigenvalue weighted by Gasteiger charge is 2.41. The Morgan fingerprint density at radius 1 is 1.64 bits per heavy atom. The molecule has 0 saturated carbocycles. The minimum Gasteiger partial charge on any atom is -0.438 e. The van der Waals surface area contributed by atoms with Crippen LogP contribution < -0.4 is 5.32 Å². The molecular weight excluding hydrogens is 182 g/mol. The van der Waals surface area contributed by atoms with E-state index in [1.165, 1.54) is 12.6 Å². The molecule has 0 spiro atoms. The highest BCUT2D eigenvalue weighted by Crippen LogP contribution is 2.24. The van der Waals surface area contributed by atoms with Crippen LogP contribution in [0, 0.1) is 5.92 Å². The predicted molar refractivity (Wildman–Crippen MR) is 47.7 cm³/mol. The van der Waals surface area contributed by atoms with E-state index in [-0.39, 0.29) is 5.91 Å². The van der Waals surface area contributed by atoms with Gasteiger partial charge in [-0.05, 0) is 0 Å². The molecule has 0 aliphatic carbocycles. The molecule has 1 N–H and O–H groups in total. The van der Waals surface area contributed by atoms with Gasteiger partial charge in [0.1, 0.15) is 0 Å². The zero-order valence-corrected chi connectivity index (χ0v) is 7.64. The predicted octanol–water partition coefficient (Wildman–Crippen LogP) is -0.282. The number of carbonyl (C=O) groups is 1. The molecule has 2 fully saturated rings. The van der Waals surface area contributed by atoms with Gasteiger partial charge in [0.05, 0.1) is 6.20 Å². The first kappa shape index (κ1) is 7.99. The molecule has 3 heterocycles. The number of aromatic nitrogens is 1. The summed E-state index contributed by atoms with van der Waals surface area (Å²) < 4.78 is 4.98. The fraction of sp³-hybridized carbons (Fsp3) is 0.556. The molecule has 74 valence electrons. The maximum atomic E-state index is 11.8. The lowest BCUT2D eigenvalue weighted by Crippen LogP contribution is -2.51. The van der Waals surface area contributed by atoms with Gasteiger partial charge in [0.2, 0.25) is 5.76 Å². The first-order valence-electron chi connectivity index (χ1n) is 4.76. The van der Waals surface area contributed by atoms with Crippen molar-refractivity contribution < 1.29 is 9.21 Å². The van der Waals surface area contributed by atoms with Crippen LogP contribution in [0.25, 0.3) is 0 Å². The maximum absolute atomic E-state index is 11.8. The molecule has 1 aromatic heterocycles. The molecule has 2 unspecified atom stereocenters.